The van der Waals surface area contributed by atoms with Crippen molar-refractivity contribution in [2.75, 3.05) is 6.61 Å². The van der Waals surface area contributed by atoms with Crippen LogP contribution in [0.25, 0.3) is 0 Å². The van der Waals surface area contributed by atoms with Gasteiger partial charge in [0, 0.05) is 0 Å². The lowest BCUT2D eigenvalue weighted by molar-refractivity contribution is 0.0292. The summed E-state index contributed by atoms with van der Waals surface area (Å²) in [5, 5.41) is 13.5. The van der Waals surface area contributed by atoms with Gasteiger partial charge in [-0.25, -0.2) is 4.79 Å². The monoisotopic (exact) mass is 443 g/mol. The Morgan fingerprint density at radius 1 is 1.00 bits per heavy atom. The molecule has 0 radical (unpaired) electrons. The molecule has 0 aromatic heterocycles. The average molecular weight is 444 g/mol. The number of carbonyl (C=O) groups is 1. The number of ether oxygens (including phenoxy) is 1. The van der Waals surface area contributed by atoms with Gasteiger partial charge >= 0.3 is 6.09 Å². The van der Waals surface area contributed by atoms with Crippen LogP contribution in [0.3, 0.4) is 0 Å². The topological polar surface area (TPSA) is 67.8 Å². The summed E-state index contributed by atoms with van der Waals surface area (Å²) in [7, 11) is -2.19. The second-order valence-corrected chi connectivity index (χ2v) is 16.6. The van der Waals surface area contributed by atoms with Crippen molar-refractivity contribution in [3.05, 3.63) is 0 Å². The molecule has 0 aliphatic heterocycles. The van der Waals surface area contributed by atoms with Crippen LogP contribution in [0.1, 0.15) is 101 Å². The van der Waals surface area contributed by atoms with E-state index in [-0.39, 0.29) is 12.6 Å². The van der Waals surface area contributed by atoms with Gasteiger partial charge in [0.15, 0.2) is 0 Å². The summed E-state index contributed by atoms with van der Waals surface area (Å²) in [4.78, 5) is 12.6. The number of alkyl carbamates (subject to hydrolysis) is 1. The predicted octanol–water partition coefficient (Wildman–Crippen LogP) is 6.40. The van der Waals surface area contributed by atoms with Crippen LogP contribution in [0.4, 0.5) is 4.79 Å². The first kappa shape index (κ1) is 27.4. The van der Waals surface area contributed by atoms with Crippen molar-refractivity contribution < 1.29 is 19.1 Å². The molecule has 1 aliphatic carbocycles. The summed E-state index contributed by atoms with van der Waals surface area (Å²) in [6, 6.07) is -0.240. The number of hydrogen-bond acceptors (Lipinski definition) is 4. The van der Waals surface area contributed by atoms with Crippen LogP contribution >= 0.6 is 0 Å². The Morgan fingerprint density at radius 3 is 1.90 bits per heavy atom. The van der Waals surface area contributed by atoms with Crippen molar-refractivity contribution in [3.63, 3.8) is 0 Å². The van der Waals surface area contributed by atoms with Gasteiger partial charge in [-0.3, -0.25) is 0 Å². The van der Waals surface area contributed by atoms with Crippen LogP contribution in [0.15, 0.2) is 0 Å². The predicted molar refractivity (Wildman–Crippen MR) is 127 cm³/mol. The van der Waals surface area contributed by atoms with Crippen LogP contribution in [0, 0.1) is 5.92 Å². The van der Waals surface area contributed by atoms with Gasteiger partial charge in [-0.2, -0.15) is 0 Å². The van der Waals surface area contributed by atoms with E-state index in [9.17, 15) is 9.90 Å². The molecule has 0 aromatic carbocycles. The molecule has 1 rings (SSSR count). The normalized spacial score (nSPS) is 18.7. The average Bonchev–Trinajstić information content (AvgIpc) is 2.60. The smallest absolute Gasteiger partial charge is 0.407 e. The Hall–Kier alpha value is -0.593. The molecule has 1 amide bonds. The van der Waals surface area contributed by atoms with Crippen LogP contribution < -0.4 is 5.32 Å². The van der Waals surface area contributed by atoms with Crippen LogP contribution in [0.2, 0.25) is 16.6 Å². The third kappa shape index (κ3) is 7.83. The molecule has 178 valence electrons. The highest BCUT2D eigenvalue weighted by molar-refractivity contribution is 6.77. The van der Waals surface area contributed by atoms with Gasteiger partial charge in [0.05, 0.1) is 18.8 Å². The molecule has 1 aliphatic rings. The number of aliphatic hydroxyl groups is 1. The SMILES string of the molecule is CC(C)[Si](OC(CO)C(CC1CCCCC1)NC(=O)OC(C)(C)C)(C(C)C)C(C)C. The Kier molecular flexibility index (Phi) is 10.9. The zero-order valence-electron chi connectivity index (χ0n) is 21.1. The van der Waals surface area contributed by atoms with Crippen molar-refractivity contribution >= 4 is 14.4 Å². The molecule has 0 aromatic rings. The van der Waals surface area contributed by atoms with Gasteiger partial charge in [0.25, 0.3) is 0 Å². The van der Waals surface area contributed by atoms with E-state index in [2.05, 4.69) is 46.9 Å². The quantitative estimate of drug-likeness (QED) is 0.383. The van der Waals surface area contributed by atoms with E-state index < -0.39 is 26.1 Å². The molecule has 2 atom stereocenters. The third-order valence-electron chi connectivity index (χ3n) is 6.71. The van der Waals surface area contributed by atoms with Gasteiger partial charge < -0.3 is 19.6 Å². The zero-order valence-corrected chi connectivity index (χ0v) is 22.1. The first-order chi connectivity index (χ1) is 13.8. The highest BCUT2D eigenvalue weighted by Gasteiger charge is 2.48. The lowest BCUT2D eigenvalue weighted by atomic mass is 9.84. The van der Waals surface area contributed by atoms with Crippen molar-refractivity contribution in [2.24, 2.45) is 5.92 Å². The minimum absolute atomic E-state index is 0.0892. The molecule has 30 heavy (non-hydrogen) atoms. The largest absolute Gasteiger partial charge is 0.444 e. The molecular weight excluding hydrogens is 394 g/mol. The van der Waals surface area contributed by atoms with Crippen molar-refractivity contribution in [1.29, 1.82) is 0 Å². The number of carbonyl (C=O) groups excluding carboxylic acids is 1. The summed E-state index contributed by atoms with van der Waals surface area (Å²) in [6.07, 6.45) is 6.18. The molecule has 0 bridgehead atoms. The molecule has 0 saturated heterocycles. The summed E-state index contributed by atoms with van der Waals surface area (Å²) in [5.41, 5.74) is 0.705. The van der Waals surface area contributed by atoms with Gasteiger partial charge in [-0.15, -0.1) is 0 Å². The summed E-state index contributed by atoms with van der Waals surface area (Å²) >= 11 is 0. The van der Waals surface area contributed by atoms with E-state index >= 15 is 0 Å². The van der Waals surface area contributed by atoms with E-state index in [0.29, 0.717) is 22.5 Å². The second-order valence-electron chi connectivity index (χ2n) is 11.1. The minimum Gasteiger partial charge on any atom is -0.444 e. The first-order valence-electron chi connectivity index (χ1n) is 12.1. The third-order valence-corrected chi connectivity index (χ3v) is 12.8. The van der Waals surface area contributed by atoms with Crippen molar-refractivity contribution in [2.45, 2.75) is 135 Å². The number of aliphatic hydroxyl groups excluding tert-OH is 1. The zero-order chi connectivity index (χ0) is 23.1. The van der Waals surface area contributed by atoms with E-state index in [4.69, 9.17) is 9.16 Å². The highest BCUT2D eigenvalue weighted by atomic mass is 28.4. The Labute approximate surface area is 186 Å². The van der Waals surface area contributed by atoms with Crippen LogP contribution in [-0.2, 0) is 9.16 Å². The van der Waals surface area contributed by atoms with Gasteiger partial charge in [0.2, 0.25) is 8.32 Å². The van der Waals surface area contributed by atoms with E-state index in [1.54, 1.807) is 0 Å². The van der Waals surface area contributed by atoms with E-state index in [0.717, 1.165) is 6.42 Å². The Morgan fingerprint density at radius 2 is 1.50 bits per heavy atom. The molecule has 5 nitrogen and oxygen atoms in total. The Bertz CT molecular complexity index is 488. The molecule has 6 heteroatoms. The summed E-state index contributed by atoms with van der Waals surface area (Å²) in [5.74, 6) is 0.560. The lowest BCUT2D eigenvalue weighted by Gasteiger charge is -2.46. The summed E-state index contributed by atoms with van der Waals surface area (Å²) < 4.78 is 12.5. The van der Waals surface area contributed by atoms with E-state index in [1.165, 1.54) is 32.1 Å². The molecular formula is C24H49NO4Si. The van der Waals surface area contributed by atoms with Gasteiger partial charge in [-0.05, 0) is 49.7 Å². The molecule has 2 N–H and O–H groups in total. The maximum atomic E-state index is 12.6. The fraction of sp³-hybridized carbons (Fsp3) is 0.958. The summed E-state index contributed by atoms with van der Waals surface area (Å²) in [6.45, 7) is 19.0. The molecule has 2 unspecified atom stereocenters. The lowest BCUT2D eigenvalue weighted by Crippen LogP contribution is -2.57. The van der Waals surface area contributed by atoms with Crippen molar-refractivity contribution in [3.8, 4) is 0 Å². The standard InChI is InChI=1S/C24H49NO4Si/c1-17(2)30(18(3)4,19(5)6)29-22(16-26)21(15-20-13-11-10-12-14-20)25-23(27)28-24(7,8)9/h17-22,26H,10-16H2,1-9H3,(H,25,27). The van der Waals surface area contributed by atoms with Gasteiger partial charge in [-0.1, -0.05) is 73.6 Å². The van der Waals surface area contributed by atoms with E-state index in [1.807, 2.05) is 20.8 Å². The molecule has 0 heterocycles. The minimum atomic E-state index is -2.19. The maximum Gasteiger partial charge on any atom is 0.407 e. The maximum absolute atomic E-state index is 12.6. The number of rotatable bonds is 10. The van der Waals surface area contributed by atoms with Crippen molar-refractivity contribution in [1.82, 2.24) is 5.32 Å². The number of hydrogen-bond donors (Lipinski definition) is 2. The number of nitrogens with one attached hydrogen (secondary N) is 1. The van der Waals surface area contributed by atoms with Crippen LogP contribution in [-0.4, -0.2) is 43.9 Å². The first-order valence-corrected chi connectivity index (χ1v) is 14.3. The Balaban J connectivity index is 3.13. The van der Waals surface area contributed by atoms with Crippen LogP contribution in [0.5, 0.6) is 0 Å². The second kappa shape index (κ2) is 11.9. The molecule has 0 spiro atoms. The fourth-order valence-electron chi connectivity index (χ4n) is 5.46. The highest BCUT2D eigenvalue weighted by Crippen LogP contribution is 2.43. The van der Waals surface area contributed by atoms with Gasteiger partial charge in [0.1, 0.15) is 5.60 Å². The molecule has 1 fully saturated rings. The number of amides is 1. The molecule has 1 saturated carbocycles. The fourth-order valence-corrected chi connectivity index (χ4v) is 11.0.